The molecule has 1 heterocycles. The number of hydrogen-bond donors (Lipinski definition) is 0. The van der Waals surface area contributed by atoms with E-state index in [0.717, 1.165) is 11.4 Å². The Kier molecular flexibility index (Phi) is 5.29. The van der Waals surface area contributed by atoms with Crippen molar-refractivity contribution in [3.05, 3.63) is 0 Å². The molecular formula is C10H21BrN2. The molecule has 0 amide bonds. The molecule has 0 radical (unpaired) electrons. The van der Waals surface area contributed by atoms with Gasteiger partial charge < -0.3 is 4.90 Å². The van der Waals surface area contributed by atoms with Gasteiger partial charge in [0.15, 0.2) is 0 Å². The number of hydrogen-bond acceptors (Lipinski definition) is 2. The van der Waals surface area contributed by atoms with Crippen LogP contribution in [0.25, 0.3) is 0 Å². The van der Waals surface area contributed by atoms with Crippen LogP contribution in [-0.2, 0) is 0 Å². The summed E-state index contributed by atoms with van der Waals surface area (Å²) < 4.78 is 0. The van der Waals surface area contributed by atoms with Crippen LogP contribution in [0.5, 0.6) is 0 Å². The molecular weight excluding hydrogens is 228 g/mol. The van der Waals surface area contributed by atoms with Gasteiger partial charge in [0.05, 0.1) is 0 Å². The second-order valence-electron chi connectivity index (χ2n) is 3.82. The molecule has 0 N–H and O–H groups in total. The summed E-state index contributed by atoms with van der Waals surface area (Å²) in [6, 6.07) is 0.745. The van der Waals surface area contributed by atoms with Crippen molar-refractivity contribution in [2.75, 3.05) is 38.1 Å². The van der Waals surface area contributed by atoms with Gasteiger partial charge in [-0.15, -0.1) is 0 Å². The zero-order valence-electron chi connectivity index (χ0n) is 8.80. The first kappa shape index (κ1) is 11.5. The number of rotatable bonds is 4. The van der Waals surface area contributed by atoms with Gasteiger partial charge in [-0.1, -0.05) is 22.9 Å². The van der Waals surface area contributed by atoms with Crippen molar-refractivity contribution in [2.24, 2.45) is 0 Å². The predicted octanol–water partition coefficient (Wildman–Crippen LogP) is 1.80. The molecule has 1 atom stereocenters. The number of alkyl halides is 1. The Hall–Kier alpha value is 0.400. The lowest BCUT2D eigenvalue weighted by Gasteiger charge is -2.39. The maximum absolute atomic E-state index is 3.48. The lowest BCUT2D eigenvalue weighted by atomic mass is 10.2. The highest BCUT2D eigenvalue weighted by Gasteiger charge is 2.21. The van der Waals surface area contributed by atoms with Gasteiger partial charge in [-0.3, -0.25) is 4.90 Å². The lowest BCUT2D eigenvalue weighted by Crippen LogP contribution is -2.51. The molecule has 2 nitrogen and oxygen atoms in total. The molecule has 0 bridgehead atoms. The Morgan fingerprint density at radius 2 is 2.15 bits per heavy atom. The predicted molar refractivity (Wildman–Crippen MR) is 61.6 cm³/mol. The van der Waals surface area contributed by atoms with Crippen molar-refractivity contribution in [2.45, 2.75) is 26.3 Å². The maximum Gasteiger partial charge on any atom is 0.0195 e. The van der Waals surface area contributed by atoms with Crippen molar-refractivity contribution in [1.29, 1.82) is 0 Å². The minimum Gasteiger partial charge on any atom is -0.300 e. The van der Waals surface area contributed by atoms with E-state index in [4.69, 9.17) is 0 Å². The number of likely N-dealkylation sites (N-methyl/N-ethyl adjacent to an activating group) is 1. The minimum atomic E-state index is 0.745. The summed E-state index contributed by atoms with van der Waals surface area (Å²) in [7, 11) is 0. The number of nitrogens with zero attached hydrogens (tertiary/aromatic N) is 2. The summed E-state index contributed by atoms with van der Waals surface area (Å²) in [5.41, 5.74) is 0. The van der Waals surface area contributed by atoms with Gasteiger partial charge in [-0.05, 0) is 26.4 Å². The van der Waals surface area contributed by atoms with Crippen molar-refractivity contribution >= 4 is 15.9 Å². The average Bonchev–Trinajstić information content (AvgIpc) is 2.15. The SMILES string of the molecule is CCN1CCN(CCCBr)CC1C. The molecule has 1 fully saturated rings. The van der Waals surface area contributed by atoms with E-state index in [9.17, 15) is 0 Å². The highest BCUT2D eigenvalue weighted by atomic mass is 79.9. The number of piperazine rings is 1. The largest absolute Gasteiger partial charge is 0.300 e. The van der Waals surface area contributed by atoms with E-state index in [1.165, 1.54) is 39.1 Å². The molecule has 0 aliphatic carbocycles. The molecule has 78 valence electrons. The monoisotopic (exact) mass is 248 g/mol. The highest BCUT2D eigenvalue weighted by molar-refractivity contribution is 9.09. The summed E-state index contributed by atoms with van der Waals surface area (Å²) in [5.74, 6) is 0. The summed E-state index contributed by atoms with van der Waals surface area (Å²) in [4.78, 5) is 5.14. The Balaban J connectivity index is 2.24. The van der Waals surface area contributed by atoms with Crippen LogP contribution in [0.2, 0.25) is 0 Å². The highest BCUT2D eigenvalue weighted by Crippen LogP contribution is 2.09. The molecule has 13 heavy (non-hydrogen) atoms. The molecule has 0 aromatic carbocycles. The molecule has 1 aliphatic rings. The Bertz CT molecular complexity index is 141. The maximum atomic E-state index is 3.48. The first-order valence-corrected chi connectivity index (χ1v) is 6.42. The summed E-state index contributed by atoms with van der Waals surface area (Å²) >= 11 is 3.48. The van der Waals surface area contributed by atoms with Crippen LogP contribution in [0.1, 0.15) is 20.3 Å². The van der Waals surface area contributed by atoms with E-state index in [0.29, 0.717) is 0 Å². The van der Waals surface area contributed by atoms with Crippen LogP contribution in [0.15, 0.2) is 0 Å². The van der Waals surface area contributed by atoms with E-state index < -0.39 is 0 Å². The standard InChI is InChI=1S/C10H21BrN2/c1-3-13-8-7-12(6-4-5-11)9-10(13)2/h10H,3-9H2,1-2H3. The fourth-order valence-electron chi connectivity index (χ4n) is 2.03. The fraction of sp³-hybridized carbons (Fsp3) is 1.00. The molecule has 0 spiro atoms. The Morgan fingerprint density at radius 3 is 2.69 bits per heavy atom. The van der Waals surface area contributed by atoms with Crippen LogP contribution < -0.4 is 0 Å². The second-order valence-corrected chi connectivity index (χ2v) is 4.61. The van der Waals surface area contributed by atoms with Gasteiger partial charge in [-0.25, -0.2) is 0 Å². The third kappa shape index (κ3) is 3.56. The van der Waals surface area contributed by atoms with E-state index in [1.807, 2.05) is 0 Å². The van der Waals surface area contributed by atoms with Crippen LogP contribution in [0, 0.1) is 0 Å². The molecule has 0 aromatic rings. The van der Waals surface area contributed by atoms with Gasteiger partial charge in [0.2, 0.25) is 0 Å². The zero-order chi connectivity index (χ0) is 9.68. The van der Waals surface area contributed by atoms with Crippen LogP contribution in [0.3, 0.4) is 0 Å². The zero-order valence-corrected chi connectivity index (χ0v) is 10.4. The van der Waals surface area contributed by atoms with E-state index >= 15 is 0 Å². The lowest BCUT2D eigenvalue weighted by molar-refractivity contribution is 0.0885. The summed E-state index contributed by atoms with van der Waals surface area (Å²) in [6.07, 6.45) is 1.28. The van der Waals surface area contributed by atoms with Crippen LogP contribution in [0.4, 0.5) is 0 Å². The smallest absolute Gasteiger partial charge is 0.0195 e. The van der Waals surface area contributed by atoms with Gasteiger partial charge in [-0.2, -0.15) is 0 Å². The van der Waals surface area contributed by atoms with Gasteiger partial charge >= 0.3 is 0 Å². The van der Waals surface area contributed by atoms with Gasteiger partial charge in [0, 0.05) is 31.0 Å². The summed E-state index contributed by atoms with van der Waals surface area (Å²) in [6.45, 7) is 10.8. The molecule has 1 aliphatic heterocycles. The molecule has 1 saturated heterocycles. The molecule has 0 saturated carbocycles. The van der Waals surface area contributed by atoms with Crippen molar-refractivity contribution in [3.8, 4) is 0 Å². The minimum absolute atomic E-state index is 0.745. The van der Waals surface area contributed by atoms with Crippen LogP contribution >= 0.6 is 15.9 Å². The molecule has 1 rings (SSSR count). The van der Waals surface area contributed by atoms with E-state index in [1.54, 1.807) is 0 Å². The topological polar surface area (TPSA) is 6.48 Å². The quantitative estimate of drug-likeness (QED) is 0.701. The molecule has 1 unspecified atom stereocenters. The van der Waals surface area contributed by atoms with E-state index in [2.05, 4.69) is 39.6 Å². The number of halogens is 1. The Labute approximate surface area is 90.4 Å². The van der Waals surface area contributed by atoms with Crippen molar-refractivity contribution in [1.82, 2.24) is 9.80 Å². The van der Waals surface area contributed by atoms with Crippen molar-refractivity contribution in [3.63, 3.8) is 0 Å². The normalized spacial score (nSPS) is 26.5. The second kappa shape index (κ2) is 5.99. The fourth-order valence-corrected chi connectivity index (χ4v) is 2.28. The third-order valence-electron chi connectivity index (χ3n) is 2.86. The Morgan fingerprint density at radius 1 is 1.38 bits per heavy atom. The van der Waals surface area contributed by atoms with Gasteiger partial charge in [0.25, 0.3) is 0 Å². The molecule has 0 aromatic heterocycles. The van der Waals surface area contributed by atoms with Gasteiger partial charge in [0.1, 0.15) is 0 Å². The third-order valence-corrected chi connectivity index (χ3v) is 3.42. The summed E-state index contributed by atoms with van der Waals surface area (Å²) in [5, 5.41) is 1.13. The van der Waals surface area contributed by atoms with Crippen LogP contribution in [-0.4, -0.2) is 53.9 Å². The first-order valence-electron chi connectivity index (χ1n) is 5.30. The van der Waals surface area contributed by atoms with Crippen molar-refractivity contribution < 1.29 is 0 Å². The molecule has 3 heteroatoms. The first-order chi connectivity index (χ1) is 6.27. The van der Waals surface area contributed by atoms with E-state index in [-0.39, 0.29) is 0 Å². The average molecular weight is 249 g/mol.